The van der Waals surface area contributed by atoms with Gasteiger partial charge in [0.15, 0.2) is 0 Å². The Morgan fingerprint density at radius 2 is 2.00 bits per heavy atom. The van der Waals surface area contributed by atoms with Crippen LogP contribution >= 0.6 is 0 Å². The van der Waals surface area contributed by atoms with Crippen LogP contribution in [-0.4, -0.2) is 15.0 Å². The number of nitrogens with one attached hydrogen (secondary N) is 1. The Morgan fingerprint density at radius 3 is 2.88 bits per heavy atom. The van der Waals surface area contributed by atoms with E-state index in [1.54, 1.807) is 18.6 Å². The van der Waals surface area contributed by atoms with E-state index in [4.69, 9.17) is 0 Å². The average Bonchev–Trinajstić information content (AvgIpc) is 2.40. The third kappa shape index (κ3) is 2.15. The van der Waals surface area contributed by atoms with Crippen molar-refractivity contribution >= 4 is 23.7 Å². The maximum absolute atomic E-state index is 4.42. The molecule has 0 unspecified atom stereocenters. The summed E-state index contributed by atoms with van der Waals surface area (Å²) in [5.41, 5.74) is 0.941. The van der Waals surface area contributed by atoms with Crippen LogP contribution in [0.15, 0.2) is 30.9 Å². The molecule has 2 aromatic heterocycles. The zero-order chi connectivity index (χ0) is 11.5. The van der Waals surface area contributed by atoms with Crippen LogP contribution in [0.4, 0.5) is 11.5 Å². The summed E-state index contributed by atoms with van der Waals surface area (Å²) >= 11 is 0. The number of aromatic nitrogens is 3. The van der Waals surface area contributed by atoms with Crippen molar-refractivity contribution in [3.8, 4) is 0 Å². The maximum atomic E-state index is 4.42. The van der Waals surface area contributed by atoms with Crippen molar-refractivity contribution in [2.24, 2.45) is 0 Å². The van der Waals surface area contributed by atoms with E-state index < -0.39 is 0 Å². The van der Waals surface area contributed by atoms with E-state index in [1.165, 1.54) is 5.22 Å². The van der Waals surface area contributed by atoms with Gasteiger partial charge in [-0.15, -0.1) is 0 Å². The SMILES string of the molecule is C1=c2cc(Nc3cnccn3)cnc2=CCC1.[HH]. The maximum Gasteiger partial charge on any atom is 0.148 e. The standard InChI is InChI=1S/C13H12N4.H2/c1-2-4-12-10(3-1)7-11(8-16-12)17-13-9-14-5-6-15-13;/h3-9H,1-2H2,(H,15,17);1H. The Bertz CT molecular complexity index is 640. The van der Waals surface area contributed by atoms with Crippen molar-refractivity contribution in [2.75, 3.05) is 5.32 Å². The minimum atomic E-state index is 0. The summed E-state index contributed by atoms with van der Waals surface area (Å²) < 4.78 is 0. The van der Waals surface area contributed by atoms with Crippen LogP contribution in [0.1, 0.15) is 14.3 Å². The van der Waals surface area contributed by atoms with E-state index in [0.29, 0.717) is 0 Å². The lowest BCUT2D eigenvalue weighted by molar-refractivity contribution is 1.08. The van der Waals surface area contributed by atoms with Gasteiger partial charge < -0.3 is 5.32 Å². The predicted octanol–water partition coefficient (Wildman–Crippen LogP) is 1.22. The van der Waals surface area contributed by atoms with Crippen molar-refractivity contribution < 1.29 is 1.43 Å². The Morgan fingerprint density at radius 1 is 1.06 bits per heavy atom. The summed E-state index contributed by atoms with van der Waals surface area (Å²) in [5.74, 6) is 0.731. The molecule has 0 radical (unpaired) electrons. The second-order valence-electron chi connectivity index (χ2n) is 3.90. The first kappa shape index (κ1) is 9.96. The van der Waals surface area contributed by atoms with Gasteiger partial charge in [-0.05, 0) is 24.1 Å². The number of anilines is 2. The minimum absolute atomic E-state index is 0. The molecule has 0 fully saturated rings. The van der Waals surface area contributed by atoms with E-state index in [0.717, 1.165) is 29.7 Å². The van der Waals surface area contributed by atoms with Gasteiger partial charge >= 0.3 is 0 Å². The Labute approximate surface area is 100 Å². The molecule has 0 aromatic carbocycles. The summed E-state index contributed by atoms with van der Waals surface area (Å²) in [6.45, 7) is 0. The normalized spacial score (nSPS) is 13.2. The number of hydrogen-bond acceptors (Lipinski definition) is 4. The smallest absolute Gasteiger partial charge is 0.148 e. The summed E-state index contributed by atoms with van der Waals surface area (Å²) in [6.07, 6.45) is 13.4. The van der Waals surface area contributed by atoms with Gasteiger partial charge in [-0.25, -0.2) is 4.98 Å². The second-order valence-corrected chi connectivity index (χ2v) is 3.90. The van der Waals surface area contributed by atoms with Crippen molar-refractivity contribution in [1.29, 1.82) is 0 Å². The van der Waals surface area contributed by atoms with Crippen molar-refractivity contribution in [3.63, 3.8) is 0 Å². The Hall–Kier alpha value is -2.23. The summed E-state index contributed by atoms with van der Waals surface area (Å²) in [6, 6.07) is 2.09. The second kappa shape index (κ2) is 4.33. The third-order valence-electron chi connectivity index (χ3n) is 2.65. The monoisotopic (exact) mass is 226 g/mol. The first-order valence-electron chi connectivity index (χ1n) is 5.61. The van der Waals surface area contributed by atoms with Crippen LogP contribution < -0.4 is 15.9 Å². The summed E-state index contributed by atoms with van der Waals surface area (Å²) in [4.78, 5) is 12.6. The molecule has 0 aliphatic heterocycles. The lowest BCUT2D eigenvalue weighted by atomic mass is 10.1. The van der Waals surface area contributed by atoms with Crippen LogP contribution in [0.2, 0.25) is 0 Å². The molecule has 86 valence electrons. The van der Waals surface area contributed by atoms with Crippen LogP contribution in [-0.2, 0) is 0 Å². The Balaban J connectivity index is 0.00000120. The average molecular weight is 226 g/mol. The van der Waals surface area contributed by atoms with Gasteiger partial charge in [-0.3, -0.25) is 9.97 Å². The third-order valence-corrected chi connectivity index (χ3v) is 2.65. The van der Waals surface area contributed by atoms with Gasteiger partial charge in [-0.1, -0.05) is 12.2 Å². The highest BCUT2D eigenvalue weighted by molar-refractivity contribution is 5.55. The molecule has 0 saturated heterocycles. The fraction of sp³-hybridized carbons (Fsp3) is 0.154. The zero-order valence-corrected chi connectivity index (χ0v) is 9.30. The van der Waals surface area contributed by atoms with Crippen molar-refractivity contribution in [2.45, 2.75) is 12.8 Å². The molecule has 0 amide bonds. The van der Waals surface area contributed by atoms with Crippen molar-refractivity contribution in [3.05, 3.63) is 41.4 Å². The molecule has 0 atom stereocenters. The van der Waals surface area contributed by atoms with Gasteiger partial charge in [0, 0.05) is 13.8 Å². The lowest BCUT2D eigenvalue weighted by Gasteiger charge is -2.05. The number of nitrogens with zero attached hydrogens (tertiary/aromatic N) is 3. The van der Waals surface area contributed by atoms with Crippen LogP contribution in [0.3, 0.4) is 0 Å². The first-order chi connectivity index (χ1) is 8.42. The molecule has 3 rings (SSSR count). The molecular formula is C13H14N4. The van der Waals surface area contributed by atoms with Gasteiger partial charge in [0.25, 0.3) is 0 Å². The highest BCUT2D eigenvalue weighted by Gasteiger charge is 1.98. The fourth-order valence-corrected chi connectivity index (χ4v) is 1.87. The van der Waals surface area contributed by atoms with Crippen LogP contribution in [0.25, 0.3) is 12.2 Å². The highest BCUT2D eigenvalue weighted by atomic mass is 15.0. The molecule has 17 heavy (non-hydrogen) atoms. The van der Waals surface area contributed by atoms with Gasteiger partial charge in [0.05, 0.1) is 23.4 Å². The molecule has 0 saturated carbocycles. The molecule has 2 aromatic rings. The van der Waals surface area contributed by atoms with Gasteiger partial charge in [0.1, 0.15) is 5.82 Å². The summed E-state index contributed by atoms with van der Waals surface area (Å²) in [5, 5.41) is 5.44. The first-order valence-corrected chi connectivity index (χ1v) is 5.61. The van der Waals surface area contributed by atoms with E-state index in [9.17, 15) is 0 Å². The molecule has 1 aliphatic rings. The fourth-order valence-electron chi connectivity index (χ4n) is 1.87. The topological polar surface area (TPSA) is 50.7 Å². The van der Waals surface area contributed by atoms with E-state index in [2.05, 4.69) is 38.5 Å². The number of rotatable bonds is 2. The number of hydrogen-bond donors (Lipinski definition) is 1. The van der Waals surface area contributed by atoms with E-state index in [1.807, 2.05) is 6.20 Å². The molecule has 4 nitrogen and oxygen atoms in total. The van der Waals surface area contributed by atoms with Crippen molar-refractivity contribution in [1.82, 2.24) is 15.0 Å². The molecule has 0 bridgehead atoms. The lowest BCUT2D eigenvalue weighted by Crippen LogP contribution is -2.29. The highest BCUT2D eigenvalue weighted by Crippen LogP contribution is 2.08. The molecule has 2 heterocycles. The number of pyridine rings is 1. The van der Waals surface area contributed by atoms with E-state index >= 15 is 0 Å². The molecule has 0 spiro atoms. The van der Waals surface area contributed by atoms with Crippen LogP contribution in [0, 0.1) is 0 Å². The summed E-state index contributed by atoms with van der Waals surface area (Å²) in [7, 11) is 0. The molecule has 4 heteroatoms. The predicted molar refractivity (Wildman–Crippen MR) is 69.1 cm³/mol. The quantitative estimate of drug-likeness (QED) is 0.836. The molecule has 1 aliphatic carbocycles. The van der Waals surface area contributed by atoms with Gasteiger partial charge in [0.2, 0.25) is 0 Å². The van der Waals surface area contributed by atoms with Gasteiger partial charge in [-0.2, -0.15) is 0 Å². The molecule has 1 N–H and O–H groups in total. The Kier molecular flexibility index (Phi) is 2.54. The molecular weight excluding hydrogens is 212 g/mol. The van der Waals surface area contributed by atoms with Crippen LogP contribution in [0.5, 0.6) is 0 Å². The zero-order valence-electron chi connectivity index (χ0n) is 9.30. The largest absolute Gasteiger partial charge is 0.338 e. The minimum Gasteiger partial charge on any atom is -0.338 e. The van der Waals surface area contributed by atoms with E-state index in [-0.39, 0.29) is 1.43 Å². The number of fused-ring (bicyclic) bond motifs is 1.